The van der Waals surface area contributed by atoms with Gasteiger partial charge in [0.2, 0.25) is 5.88 Å². The SMILES string of the molecule is Cc1ccc(CNc2cc(OC(C)C)ncn2)o1. The van der Waals surface area contributed by atoms with E-state index in [9.17, 15) is 0 Å². The molecule has 5 nitrogen and oxygen atoms in total. The van der Waals surface area contributed by atoms with E-state index >= 15 is 0 Å². The average molecular weight is 247 g/mol. The Morgan fingerprint density at radius 1 is 1.33 bits per heavy atom. The summed E-state index contributed by atoms with van der Waals surface area (Å²) in [7, 11) is 0. The number of hydrogen-bond acceptors (Lipinski definition) is 5. The predicted molar refractivity (Wildman–Crippen MR) is 68.6 cm³/mol. The van der Waals surface area contributed by atoms with Crippen LogP contribution in [0.25, 0.3) is 0 Å². The van der Waals surface area contributed by atoms with Gasteiger partial charge in [0.25, 0.3) is 0 Å². The minimum Gasteiger partial charge on any atom is -0.475 e. The van der Waals surface area contributed by atoms with Crippen molar-refractivity contribution in [2.24, 2.45) is 0 Å². The fourth-order valence-corrected chi connectivity index (χ4v) is 1.50. The standard InChI is InChI=1S/C13H17N3O2/c1-9(2)17-13-6-12(15-8-16-13)14-7-11-5-4-10(3)18-11/h4-6,8-9H,7H2,1-3H3,(H,14,15,16). The number of ether oxygens (including phenoxy) is 1. The Bertz CT molecular complexity index is 508. The van der Waals surface area contributed by atoms with Crippen LogP contribution in [0.3, 0.4) is 0 Å². The molecule has 0 saturated heterocycles. The molecular formula is C13H17N3O2. The largest absolute Gasteiger partial charge is 0.475 e. The van der Waals surface area contributed by atoms with E-state index in [4.69, 9.17) is 9.15 Å². The third kappa shape index (κ3) is 3.48. The molecule has 18 heavy (non-hydrogen) atoms. The number of furan rings is 1. The fourth-order valence-electron chi connectivity index (χ4n) is 1.50. The summed E-state index contributed by atoms with van der Waals surface area (Å²) < 4.78 is 11.0. The molecule has 96 valence electrons. The van der Waals surface area contributed by atoms with Crippen LogP contribution in [-0.4, -0.2) is 16.1 Å². The average Bonchev–Trinajstić information content (AvgIpc) is 2.72. The molecule has 0 aliphatic heterocycles. The van der Waals surface area contributed by atoms with Gasteiger partial charge in [-0.15, -0.1) is 0 Å². The van der Waals surface area contributed by atoms with Crippen LogP contribution in [0.2, 0.25) is 0 Å². The van der Waals surface area contributed by atoms with Crippen LogP contribution < -0.4 is 10.1 Å². The lowest BCUT2D eigenvalue weighted by Crippen LogP contribution is -2.08. The molecule has 0 unspecified atom stereocenters. The number of nitrogens with one attached hydrogen (secondary N) is 1. The van der Waals surface area contributed by atoms with Crippen molar-refractivity contribution in [2.75, 3.05) is 5.32 Å². The third-order valence-corrected chi connectivity index (χ3v) is 2.24. The number of hydrogen-bond donors (Lipinski definition) is 1. The summed E-state index contributed by atoms with van der Waals surface area (Å²) >= 11 is 0. The summed E-state index contributed by atoms with van der Waals surface area (Å²) in [6.45, 7) is 6.43. The monoisotopic (exact) mass is 247 g/mol. The summed E-state index contributed by atoms with van der Waals surface area (Å²) in [5.41, 5.74) is 0. The molecule has 5 heteroatoms. The number of anilines is 1. The molecule has 0 amide bonds. The molecule has 2 rings (SSSR count). The van der Waals surface area contributed by atoms with Crippen molar-refractivity contribution >= 4 is 5.82 Å². The molecule has 2 heterocycles. The number of aromatic nitrogens is 2. The fraction of sp³-hybridized carbons (Fsp3) is 0.385. The molecule has 2 aromatic rings. The summed E-state index contributed by atoms with van der Waals surface area (Å²) in [6, 6.07) is 5.65. The van der Waals surface area contributed by atoms with Crippen LogP contribution in [0.1, 0.15) is 25.4 Å². The van der Waals surface area contributed by atoms with Gasteiger partial charge in [0.1, 0.15) is 23.7 Å². The Kier molecular flexibility index (Phi) is 3.82. The summed E-state index contributed by atoms with van der Waals surface area (Å²) in [4.78, 5) is 8.17. The van der Waals surface area contributed by atoms with Crippen LogP contribution in [0.5, 0.6) is 5.88 Å². The zero-order chi connectivity index (χ0) is 13.0. The highest BCUT2D eigenvalue weighted by Crippen LogP contribution is 2.14. The molecular weight excluding hydrogens is 230 g/mol. The topological polar surface area (TPSA) is 60.2 Å². The van der Waals surface area contributed by atoms with E-state index in [0.717, 1.165) is 17.3 Å². The van der Waals surface area contributed by atoms with Crippen molar-refractivity contribution in [2.45, 2.75) is 33.4 Å². The minimum atomic E-state index is 0.0977. The quantitative estimate of drug-likeness (QED) is 0.880. The summed E-state index contributed by atoms with van der Waals surface area (Å²) in [5.74, 6) is 3.06. The summed E-state index contributed by atoms with van der Waals surface area (Å²) in [5, 5.41) is 3.16. The van der Waals surface area contributed by atoms with Crippen LogP contribution in [0.15, 0.2) is 28.9 Å². The molecule has 0 fully saturated rings. The van der Waals surface area contributed by atoms with Crippen molar-refractivity contribution in [3.63, 3.8) is 0 Å². The van der Waals surface area contributed by atoms with Crippen LogP contribution >= 0.6 is 0 Å². The van der Waals surface area contributed by atoms with E-state index in [1.54, 1.807) is 6.07 Å². The first-order valence-electron chi connectivity index (χ1n) is 5.91. The molecule has 0 atom stereocenters. The van der Waals surface area contributed by atoms with E-state index < -0.39 is 0 Å². The van der Waals surface area contributed by atoms with Crippen LogP contribution in [0.4, 0.5) is 5.82 Å². The molecule has 0 aromatic carbocycles. The Labute approximate surface area is 106 Å². The van der Waals surface area contributed by atoms with Crippen LogP contribution in [-0.2, 0) is 6.54 Å². The van der Waals surface area contributed by atoms with Crippen molar-refractivity contribution in [3.8, 4) is 5.88 Å². The van der Waals surface area contributed by atoms with Gasteiger partial charge in [-0.25, -0.2) is 9.97 Å². The zero-order valence-corrected chi connectivity index (χ0v) is 10.8. The first kappa shape index (κ1) is 12.4. The second kappa shape index (κ2) is 5.53. The second-order valence-corrected chi connectivity index (χ2v) is 4.27. The molecule has 1 N–H and O–H groups in total. The van der Waals surface area contributed by atoms with Gasteiger partial charge in [-0.1, -0.05) is 0 Å². The maximum Gasteiger partial charge on any atom is 0.218 e. The van der Waals surface area contributed by atoms with Gasteiger partial charge in [-0.3, -0.25) is 0 Å². The number of nitrogens with zero attached hydrogens (tertiary/aromatic N) is 2. The van der Waals surface area contributed by atoms with Crippen molar-refractivity contribution in [1.82, 2.24) is 9.97 Å². The summed E-state index contributed by atoms with van der Waals surface area (Å²) in [6.07, 6.45) is 1.58. The van der Waals surface area contributed by atoms with Gasteiger partial charge in [0.05, 0.1) is 12.6 Å². The van der Waals surface area contributed by atoms with Crippen molar-refractivity contribution in [3.05, 3.63) is 36.0 Å². The van der Waals surface area contributed by atoms with Gasteiger partial charge in [-0.05, 0) is 32.9 Å². The number of rotatable bonds is 5. The van der Waals surface area contributed by atoms with Gasteiger partial charge in [-0.2, -0.15) is 0 Å². The number of aryl methyl sites for hydroxylation is 1. The van der Waals surface area contributed by atoms with Crippen molar-refractivity contribution in [1.29, 1.82) is 0 Å². The molecule has 0 bridgehead atoms. The highest BCUT2D eigenvalue weighted by molar-refractivity contribution is 5.37. The Morgan fingerprint density at radius 3 is 2.83 bits per heavy atom. The molecule has 2 aromatic heterocycles. The zero-order valence-electron chi connectivity index (χ0n) is 10.8. The molecule has 0 saturated carbocycles. The molecule has 0 radical (unpaired) electrons. The maximum atomic E-state index is 5.50. The van der Waals surface area contributed by atoms with Crippen molar-refractivity contribution < 1.29 is 9.15 Å². The maximum absolute atomic E-state index is 5.50. The van der Waals surface area contributed by atoms with E-state index in [1.165, 1.54) is 6.33 Å². The minimum absolute atomic E-state index is 0.0977. The Morgan fingerprint density at radius 2 is 2.17 bits per heavy atom. The molecule has 0 spiro atoms. The van der Waals surface area contributed by atoms with Gasteiger partial charge in [0.15, 0.2) is 0 Å². The normalized spacial score (nSPS) is 10.7. The van der Waals surface area contributed by atoms with E-state index in [-0.39, 0.29) is 6.10 Å². The van der Waals surface area contributed by atoms with Gasteiger partial charge >= 0.3 is 0 Å². The van der Waals surface area contributed by atoms with E-state index in [2.05, 4.69) is 15.3 Å². The Balaban J connectivity index is 1.96. The molecule has 0 aliphatic rings. The first-order valence-corrected chi connectivity index (χ1v) is 5.91. The molecule has 0 aliphatic carbocycles. The van der Waals surface area contributed by atoms with Gasteiger partial charge in [0, 0.05) is 6.07 Å². The van der Waals surface area contributed by atoms with E-state index in [1.807, 2.05) is 32.9 Å². The second-order valence-electron chi connectivity index (χ2n) is 4.27. The highest BCUT2D eigenvalue weighted by Gasteiger charge is 2.03. The lowest BCUT2D eigenvalue weighted by atomic mass is 10.4. The third-order valence-electron chi connectivity index (χ3n) is 2.24. The smallest absolute Gasteiger partial charge is 0.218 e. The van der Waals surface area contributed by atoms with Gasteiger partial charge < -0.3 is 14.5 Å². The van der Waals surface area contributed by atoms with E-state index in [0.29, 0.717) is 12.4 Å². The predicted octanol–water partition coefficient (Wildman–Crippen LogP) is 2.78. The first-order chi connectivity index (χ1) is 8.63. The van der Waals surface area contributed by atoms with Crippen LogP contribution in [0, 0.1) is 6.92 Å². The lowest BCUT2D eigenvalue weighted by Gasteiger charge is -2.09. The lowest BCUT2D eigenvalue weighted by molar-refractivity contribution is 0.232. The Hall–Kier alpha value is -2.04. The highest BCUT2D eigenvalue weighted by atomic mass is 16.5.